The van der Waals surface area contributed by atoms with Crippen molar-refractivity contribution < 1.29 is 13.2 Å². The Labute approximate surface area is 189 Å². The summed E-state index contributed by atoms with van der Waals surface area (Å²) in [4.78, 5) is 16.5. The minimum absolute atomic E-state index is 0.0565. The summed E-state index contributed by atoms with van der Waals surface area (Å²) >= 11 is 9.25. The van der Waals surface area contributed by atoms with Crippen LogP contribution in [-0.4, -0.2) is 30.2 Å². The first kappa shape index (κ1) is 22.4. The van der Waals surface area contributed by atoms with Crippen molar-refractivity contribution in [2.75, 3.05) is 6.54 Å². The van der Waals surface area contributed by atoms with Crippen molar-refractivity contribution in [3.8, 4) is 0 Å². The van der Waals surface area contributed by atoms with E-state index < -0.39 is 15.9 Å². The number of nitrogens with one attached hydrogen (secondary N) is 1. The van der Waals surface area contributed by atoms with Crippen LogP contribution < -0.4 is 5.32 Å². The quantitative estimate of drug-likeness (QED) is 0.499. The molecule has 0 fully saturated rings. The third kappa shape index (κ3) is 6.12. The molecule has 0 atom stereocenters. The van der Waals surface area contributed by atoms with E-state index in [1.165, 1.54) is 24.3 Å². The zero-order chi connectivity index (χ0) is 21.6. The molecule has 0 spiro atoms. The lowest BCUT2D eigenvalue weighted by molar-refractivity contribution is -0.121. The van der Waals surface area contributed by atoms with Crippen LogP contribution >= 0.6 is 27.5 Å². The smallest absolute Gasteiger partial charge is 0.243 e. The molecule has 0 aliphatic rings. The van der Waals surface area contributed by atoms with Gasteiger partial charge in [-0.25, -0.2) is 8.42 Å². The van der Waals surface area contributed by atoms with Crippen molar-refractivity contribution in [3.63, 3.8) is 0 Å². The average Bonchev–Trinajstić information content (AvgIpc) is 2.74. The normalized spacial score (nSPS) is 11.4. The number of carbonyl (C=O) groups is 1. The first-order valence-corrected chi connectivity index (χ1v) is 11.6. The number of rotatable bonds is 8. The molecule has 156 valence electrons. The lowest BCUT2D eigenvalue weighted by Gasteiger charge is -2.22. The van der Waals surface area contributed by atoms with Crippen LogP contribution in [0.5, 0.6) is 0 Å². The Bertz CT molecular complexity index is 1090. The molecule has 3 rings (SSSR count). The number of aromatic nitrogens is 1. The van der Waals surface area contributed by atoms with Crippen molar-refractivity contribution in [1.29, 1.82) is 0 Å². The first-order valence-electron chi connectivity index (χ1n) is 9.00. The van der Waals surface area contributed by atoms with Gasteiger partial charge in [-0.15, -0.1) is 0 Å². The molecule has 0 saturated heterocycles. The van der Waals surface area contributed by atoms with Crippen LogP contribution in [0.4, 0.5) is 0 Å². The molecule has 0 bridgehead atoms. The van der Waals surface area contributed by atoms with Gasteiger partial charge < -0.3 is 5.32 Å². The molecule has 2 aromatic carbocycles. The third-order valence-corrected chi connectivity index (χ3v) is 6.87. The Balaban J connectivity index is 1.80. The standard InChI is InChI=1S/C21H19BrClN3O3S/c22-18-3-1-17(2-4-18)14-26(30(28,29)20-7-5-19(23)6-8-20)15-21(27)25-13-16-9-11-24-12-10-16/h1-12H,13-15H2,(H,25,27). The molecule has 0 radical (unpaired) electrons. The van der Waals surface area contributed by atoms with Crippen molar-refractivity contribution in [3.05, 3.63) is 93.7 Å². The summed E-state index contributed by atoms with van der Waals surface area (Å²) in [6, 6.07) is 16.7. The van der Waals surface area contributed by atoms with Gasteiger partial charge in [0.05, 0.1) is 11.4 Å². The first-order chi connectivity index (χ1) is 14.3. The molecule has 1 amide bonds. The van der Waals surface area contributed by atoms with Crippen LogP contribution in [0, 0.1) is 0 Å². The number of halogens is 2. The Morgan fingerprint density at radius 3 is 2.23 bits per heavy atom. The summed E-state index contributed by atoms with van der Waals surface area (Å²) in [5.74, 6) is -0.401. The molecule has 9 heteroatoms. The van der Waals surface area contributed by atoms with E-state index in [9.17, 15) is 13.2 Å². The SMILES string of the molecule is O=C(CN(Cc1ccc(Br)cc1)S(=O)(=O)c1ccc(Cl)cc1)NCc1ccncc1. The molecule has 1 heterocycles. The van der Waals surface area contributed by atoms with E-state index in [0.717, 1.165) is 19.9 Å². The topological polar surface area (TPSA) is 79.4 Å². The fourth-order valence-electron chi connectivity index (χ4n) is 2.69. The van der Waals surface area contributed by atoms with Crippen molar-refractivity contribution in [2.45, 2.75) is 18.0 Å². The highest BCUT2D eigenvalue weighted by molar-refractivity contribution is 9.10. The number of amides is 1. The summed E-state index contributed by atoms with van der Waals surface area (Å²) in [6.07, 6.45) is 3.26. The maximum Gasteiger partial charge on any atom is 0.243 e. The summed E-state index contributed by atoms with van der Waals surface area (Å²) in [5.41, 5.74) is 1.64. The molecule has 1 aromatic heterocycles. The maximum atomic E-state index is 13.2. The second-order valence-electron chi connectivity index (χ2n) is 6.49. The van der Waals surface area contributed by atoms with Gasteiger partial charge in [0.1, 0.15) is 0 Å². The Morgan fingerprint density at radius 2 is 1.60 bits per heavy atom. The molecule has 6 nitrogen and oxygen atoms in total. The molecule has 0 aliphatic carbocycles. The third-order valence-electron chi connectivity index (χ3n) is 4.28. The molecule has 0 aliphatic heterocycles. The number of hydrogen-bond donors (Lipinski definition) is 1. The minimum atomic E-state index is -3.91. The van der Waals surface area contributed by atoms with E-state index in [4.69, 9.17) is 11.6 Å². The van der Waals surface area contributed by atoms with Crippen LogP contribution in [0.3, 0.4) is 0 Å². The maximum absolute atomic E-state index is 13.2. The fourth-order valence-corrected chi connectivity index (χ4v) is 4.47. The fraction of sp³-hybridized carbons (Fsp3) is 0.143. The van der Waals surface area contributed by atoms with Gasteiger partial charge in [0.15, 0.2) is 0 Å². The van der Waals surface area contributed by atoms with E-state index in [2.05, 4.69) is 26.2 Å². The van der Waals surface area contributed by atoms with E-state index in [1.54, 1.807) is 24.5 Å². The lowest BCUT2D eigenvalue weighted by atomic mass is 10.2. The lowest BCUT2D eigenvalue weighted by Crippen LogP contribution is -2.40. The number of nitrogens with zero attached hydrogens (tertiary/aromatic N) is 2. The van der Waals surface area contributed by atoms with E-state index in [-0.39, 0.29) is 24.5 Å². The van der Waals surface area contributed by atoms with E-state index in [0.29, 0.717) is 5.02 Å². The molecule has 0 unspecified atom stereocenters. The van der Waals surface area contributed by atoms with Gasteiger partial charge >= 0.3 is 0 Å². The van der Waals surface area contributed by atoms with E-state index in [1.807, 2.05) is 24.3 Å². The van der Waals surface area contributed by atoms with Crippen LogP contribution in [0.25, 0.3) is 0 Å². The Hall–Kier alpha value is -2.26. The van der Waals surface area contributed by atoms with Gasteiger partial charge in [-0.2, -0.15) is 4.31 Å². The summed E-state index contributed by atoms with van der Waals surface area (Å²) in [5, 5.41) is 3.19. The minimum Gasteiger partial charge on any atom is -0.351 e. The number of sulfonamides is 1. The molecule has 30 heavy (non-hydrogen) atoms. The largest absolute Gasteiger partial charge is 0.351 e. The van der Waals surface area contributed by atoms with Gasteiger partial charge in [0.2, 0.25) is 15.9 Å². The zero-order valence-corrected chi connectivity index (χ0v) is 19.0. The van der Waals surface area contributed by atoms with Gasteiger partial charge in [-0.3, -0.25) is 9.78 Å². The van der Waals surface area contributed by atoms with Crippen LogP contribution in [0.2, 0.25) is 5.02 Å². The van der Waals surface area contributed by atoms with Crippen LogP contribution in [0.15, 0.2) is 82.4 Å². The molecule has 0 saturated carbocycles. The molecule has 3 aromatic rings. The van der Waals surface area contributed by atoms with Crippen LogP contribution in [0.1, 0.15) is 11.1 Å². The van der Waals surface area contributed by atoms with E-state index >= 15 is 0 Å². The number of carbonyl (C=O) groups excluding carboxylic acids is 1. The van der Waals surface area contributed by atoms with Gasteiger partial charge in [-0.05, 0) is 59.7 Å². The van der Waals surface area contributed by atoms with Crippen molar-refractivity contribution in [1.82, 2.24) is 14.6 Å². The second-order valence-corrected chi connectivity index (χ2v) is 9.78. The van der Waals surface area contributed by atoms with Crippen LogP contribution in [-0.2, 0) is 27.9 Å². The Morgan fingerprint density at radius 1 is 0.967 bits per heavy atom. The molecule has 1 N–H and O–H groups in total. The second kappa shape index (κ2) is 10.2. The Kier molecular flexibility index (Phi) is 7.60. The number of hydrogen-bond acceptors (Lipinski definition) is 4. The average molecular weight is 509 g/mol. The highest BCUT2D eigenvalue weighted by atomic mass is 79.9. The molecular formula is C21H19BrClN3O3S. The van der Waals surface area contributed by atoms with Crippen molar-refractivity contribution in [2.24, 2.45) is 0 Å². The van der Waals surface area contributed by atoms with Gasteiger partial charge in [0.25, 0.3) is 0 Å². The highest BCUT2D eigenvalue weighted by Gasteiger charge is 2.27. The number of benzene rings is 2. The highest BCUT2D eigenvalue weighted by Crippen LogP contribution is 2.21. The monoisotopic (exact) mass is 507 g/mol. The summed E-state index contributed by atoms with van der Waals surface area (Å²) in [7, 11) is -3.91. The number of pyridine rings is 1. The predicted octanol–water partition coefficient (Wildman–Crippen LogP) is 4.00. The summed E-state index contributed by atoms with van der Waals surface area (Å²) in [6.45, 7) is 0.0293. The van der Waals surface area contributed by atoms with Crippen molar-refractivity contribution >= 4 is 43.5 Å². The zero-order valence-electron chi connectivity index (χ0n) is 15.8. The van der Waals surface area contributed by atoms with Gasteiger partial charge in [0, 0.05) is 35.0 Å². The predicted molar refractivity (Wildman–Crippen MR) is 119 cm³/mol. The van der Waals surface area contributed by atoms with Gasteiger partial charge in [-0.1, -0.05) is 39.7 Å². The molecular weight excluding hydrogens is 490 g/mol. The summed E-state index contributed by atoms with van der Waals surface area (Å²) < 4.78 is 28.5.